The second-order valence-electron chi connectivity index (χ2n) is 4.44. The predicted molar refractivity (Wildman–Crippen MR) is 74.5 cm³/mol. The fourth-order valence-electron chi connectivity index (χ4n) is 1.72. The van der Waals surface area contributed by atoms with Crippen LogP contribution >= 0.6 is 23.2 Å². The number of ether oxygens (including phenoxy) is 1. The molecular formula is C13H14Cl2F3NO2. The number of hydrogen-bond donors (Lipinski definition) is 1. The van der Waals surface area contributed by atoms with Crippen molar-refractivity contribution in [3.8, 4) is 0 Å². The first kappa shape index (κ1) is 18.1. The summed E-state index contributed by atoms with van der Waals surface area (Å²) in [5.41, 5.74) is -1.57. The van der Waals surface area contributed by atoms with E-state index in [9.17, 15) is 18.0 Å². The fourth-order valence-corrected chi connectivity index (χ4v) is 2.32. The van der Waals surface area contributed by atoms with Gasteiger partial charge < -0.3 is 4.74 Å². The molecule has 1 aromatic rings. The van der Waals surface area contributed by atoms with E-state index in [2.05, 4.69) is 5.32 Å². The molecule has 0 saturated carbocycles. The Bertz CT molecular complexity index is 523. The lowest BCUT2D eigenvalue weighted by Crippen LogP contribution is -2.51. The van der Waals surface area contributed by atoms with Crippen molar-refractivity contribution in [1.82, 2.24) is 5.32 Å². The maximum atomic E-state index is 12.4. The lowest BCUT2D eigenvalue weighted by molar-refractivity contribution is -0.155. The van der Waals surface area contributed by atoms with Gasteiger partial charge in [0.15, 0.2) is 0 Å². The van der Waals surface area contributed by atoms with Crippen molar-refractivity contribution in [1.29, 1.82) is 0 Å². The summed E-state index contributed by atoms with van der Waals surface area (Å²) < 4.78 is 42.2. The SMILES string of the molecule is CCOC(=O)C(C)(NCC(F)(F)F)c1ccc(Cl)cc1Cl. The van der Waals surface area contributed by atoms with Crippen molar-refractivity contribution < 1.29 is 22.7 Å². The first-order valence-corrected chi connectivity index (χ1v) is 6.80. The largest absolute Gasteiger partial charge is 0.464 e. The minimum atomic E-state index is -4.48. The summed E-state index contributed by atoms with van der Waals surface area (Å²) in [5.74, 6) is -0.849. The van der Waals surface area contributed by atoms with Crippen LogP contribution in [-0.2, 0) is 15.1 Å². The Hall–Kier alpha value is -0.980. The van der Waals surface area contributed by atoms with Gasteiger partial charge in [0.05, 0.1) is 13.2 Å². The summed E-state index contributed by atoms with van der Waals surface area (Å²) in [7, 11) is 0. The molecule has 3 nitrogen and oxygen atoms in total. The van der Waals surface area contributed by atoms with Crippen LogP contribution in [0.5, 0.6) is 0 Å². The molecule has 0 radical (unpaired) electrons. The van der Waals surface area contributed by atoms with E-state index in [0.717, 1.165) is 0 Å². The highest BCUT2D eigenvalue weighted by Crippen LogP contribution is 2.32. The van der Waals surface area contributed by atoms with Gasteiger partial charge in [-0.05, 0) is 26.0 Å². The van der Waals surface area contributed by atoms with E-state index in [1.165, 1.54) is 25.1 Å². The van der Waals surface area contributed by atoms with E-state index in [4.69, 9.17) is 27.9 Å². The van der Waals surface area contributed by atoms with Crippen LogP contribution in [0, 0.1) is 0 Å². The zero-order valence-electron chi connectivity index (χ0n) is 11.4. The van der Waals surface area contributed by atoms with E-state index in [0.29, 0.717) is 5.02 Å². The van der Waals surface area contributed by atoms with Gasteiger partial charge in [-0.1, -0.05) is 29.3 Å². The molecule has 0 aromatic heterocycles. The van der Waals surface area contributed by atoms with Crippen molar-refractivity contribution in [2.45, 2.75) is 25.6 Å². The molecule has 0 aliphatic rings. The molecule has 1 N–H and O–H groups in total. The molecule has 1 unspecified atom stereocenters. The van der Waals surface area contributed by atoms with Gasteiger partial charge in [-0.15, -0.1) is 0 Å². The minimum Gasteiger partial charge on any atom is -0.464 e. The third-order valence-corrected chi connectivity index (χ3v) is 3.34. The third-order valence-electron chi connectivity index (χ3n) is 2.80. The molecule has 21 heavy (non-hydrogen) atoms. The number of benzene rings is 1. The highest BCUT2D eigenvalue weighted by atomic mass is 35.5. The number of nitrogens with one attached hydrogen (secondary N) is 1. The minimum absolute atomic E-state index is 0.0350. The average Bonchev–Trinajstić information content (AvgIpc) is 2.35. The molecule has 0 aliphatic heterocycles. The molecule has 1 atom stereocenters. The van der Waals surface area contributed by atoms with Crippen LogP contribution in [0.3, 0.4) is 0 Å². The fraction of sp³-hybridized carbons (Fsp3) is 0.462. The Morgan fingerprint density at radius 3 is 2.43 bits per heavy atom. The first-order chi connectivity index (χ1) is 9.60. The van der Waals surface area contributed by atoms with E-state index in [1.807, 2.05) is 0 Å². The first-order valence-electron chi connectivity index (χ1n) is 6.04. The lowest BCUT2D eigenvalue weighted by atomic mass is 9.91. The number of esters is 1. The molecule has 8 heteroatoms. The monoisotopic (exact) mass is 343 g/mol. The molecule has 0 spiro atoms. The number of hydrogen-bond acceptors (Lipinski definition) is 3. The second kappa shape index (κ2) is 6.85. The number of carbonyl (C=O) groups excluding carboxylic acids is 1. The predicted octanol–water partition coefficient (Wildman–Crippen LogP) is 3.92. The van der Waals surface area contributed by atoms with Gasteiger partial charge in [0.1, 0.15) is 5.54 Å². The Morgan fingerprint density at radius 2 is 1.95 bits per heavy atom. The number of rotatable bonds is 5. The number of alkyl halides is 3. The molecular weight excluding hydrogens is 330 g/mol. The van der Waals surface area contributed by atoms with Gasteiger partial charge in [-0.2, -0.15) is 13.2 Å². The molecule has 0 saturated heterocycles. The van der Waals surface area contributed by atoms with Crippen LogP contribution in [0.25, 0.3) is 0 Å². The molecule has 0 amide bonds. The van der Waals surface area contributed by atoms with Gasteiger partial charge in [0.2, 0.25) is 0 Å². The van der Waals surface area contributed by atoms with Crippen LogP contribution in [-0.4, -0.2) is 25.3 Å². The van der Waals surface area contributed by atoms with Crippen molar-refractivity contribution in [3.63, 3.8) is 0 Å². The normalized spacial score (nSPS) is 14.6. The number of halogens is 5. The second-order valence-corrected chi connectivity index (χ2v) is 5.28. The summed E-state index contributed by atoms with van der Waals surface area (Å²) in [6, 6.07) is 4.19. The Labute approximate surface area is 130 Å². The van der Waals surface area contributed by atoms with Crippen LogP contribution in [0.4, 0.5) is 13.2 Å². The highest BCUT2D eigenvalue weighted by Gasteiger charge is 2.41. The molecule has 1 rings (SSSR count). The van der Waals surface area contributed by atoms with Gasteiger partial charge >= 0.3 is 12.1 Å². The Balaban J connectivity index is 3.20. The maximum Gasteiger partial charge on any atom is 0.401 e. The Morgan fingerprint density at radius 1 is 1.33 bits per heavy atom. The van der Waals surface area contributed by atoms with E-state index >= 15 is 0 Å². The molecule has 0 fully saturated rings. The van der Waals surface area contributed by atoms with Crippen molar-refractivity contribution in [2.24, 2.45) is 0 Å². The van der Waals surface area contributed by atoms with E-state index in [-0.39, 0.29) is 17.2 Å². The van der Waals surface area contributed by atoms with Crippen molar-refractivity contribution >= 4 is 29.2 Å². The van der Waals surface area contributed by atoms with Crippen LogP contribution in [0.15, 0.2) is 18.2 Å². The van der Waals surface area contributed by atoms with Crippen LogP contribution in [0.1, 0.15) is 19.4 Å². The molecule has 0 heterocycles. The standard InChI is InChI=1S/C13H14Cl2F3NO2/c1-3-21-11(20)12(2,19-7-13(16,17)18)9-5-4-8(14)6-10(9)15/h4-6,19H,3,7H2,1-2H3. The summed E-state index contributed by atoms with van der Waals surface area (Å²) in [5, 5.41) is 2.56. The summed E-state index contributed by atoms with van der Waals surface area (Å²) in [6.07, 6.45) is -4.48. The highest BCUT2D eigenvalue weighted by molar-refractivity contribution is 6.35. The van der Waals surface area contributed by atoms with Gasteiger partial charge in [0, 0.05) is 15.6 Å². The zero-order chi connectivity index (χ0) is 16.3. The van der Waals surface area contributed by atoms with Gasteiger partial charge in [-0.3, -0.25) is 5.32 Å². The van der Waals surface area contributed by atoms with Crippen molar-refractivity contribution in [2.75, 3.05) is 13.2 Å². The van der Waals surface area contributed by atoms with Crippen LogP contribution in [0.2, 0.25) is 10.0 Å². The zero-order valence-corrected chi connectivity index (χ0v) is 12.9. The molecule has 1 aromatic carbocycles. The smallest absolute Gasteiger partial charge is 0.401 e. The quantitative estimate of drug-likeness (QED) is 0.823. The van der Waals surface area contributed by atoms with E-state index < -0.39 is 24.2 Å². The summed E-state index contributed by atoms with van der Waals surface area (Å²) in [6.45, 7) is 1.52. The third kappa shape index (κ3) is 4.76. The van der Waals surface area contributed by atoms with Crippen molar-refractivity contribution in [3.05, 3.63) is 33.8 Å². The summed E-state index contributed by atoms with van der Waals surface area (Å²) >= 11 is 11.8. The number of carbonyl (C=O) groups is 1. The maximum absolute atomic E-state index is 12.4. The summed E-state index contributed by atoms with van der Waals surface area (Å²) in [4.78, 5) is 12.1. The van der Waals surface area contributed by atoms with Gasteiger partial charge in [-0.25, -0.2) is 4.79 Å². The van der Waals surface area contributed by atoms with E-state index in [1.54, 1.807) is 6.92 Å². The average molecular weight is 344 g/mol. The topological polar surface area (TPSA) is 38.3 Å². The molecule has 0 aliphatic carbocycles. The van der Waals surface area contributed by atoms with Gasteiger partial charge in [0.25, 0.3) is 0 Å². The van der Waals surface area contributed by atoms with Crippen LogP contribution < -0.4 is 5.32 Å². The molecule has 118 valence electrons. The Kier molecular flexibility index (Phi) is 5.90. The molecule has 0 bridgehead atoms. The lowest BCUT2D eigenvalue weighted by Gasteiger charge is -2.30.